The molecular weight excluding hydrogens is 170 g/mol. The van der Waals surface area contributed by atoms with E-state index in [9.17, 15) is 0 Å². The second-order valence-electron chi connectivity index (χ2n) is 3.11. The van der Waals surface area contributed by atoms with Crippen molar-refractivity contribution in [3.05, 3.63) is 34.3 Å². The zero-order valence-corrected chi connectivity index (χ0v) is 8.23. The van der Waals surface area contributed by atoms with E-state index >= 15 is 0 Å². The summed E-state index contributed by atoms with van der Waals surface area (Å²) in [6.45, 7) is 4.74. The van der Waals surface area contributed by atoms with Crippen molar-refractivity contribution in [2.24, 2.45) is 5.73 Å². The lowest BCUT2D eigenvalue weighted by Crippen LogP contribution is -2.09. The number of aryl methyl sites for hydroxylation is 1. The molecule has 0 aliphatic heterocycles. The summed E-state index contributed by atoms with van der Waals surface area (Å²) in [4.78, 5) is 0. The number of hydrogen-bond donors (Lipinski definition) is 1. The molecule has 2 heteroatoms. The molecule has 2 N–H and O–H groups in total. The highest BCUT2D eigenvalue weighted by Gasteiger charge is 2.08. The van der Waals surface area contributed by atoms with Gasteiger partial charge >= 0.3 is 0 Å². The molecule has 0 bridgehead atoms. The molecule has 1 aromatic carbocycles. The van der Waals surface area contributed by atoms with Crippen LogP contribution >= 0.6 is 11.6 Å². The van der Waals surface area contributed by atoms with Gasteiger partial charge in [-0.2, -0.15) is 0 Å². The van der Waals surface area contributed by atoms with Crippen molar-refractivity contribution >= 4 is 11.6 Å². The summed E-state index contributed by atoms with van der Waals surface area (Å²) in [6.07, 6.45) is 0. The van der Waals surface area contributed by atoms with E-state index < -0.39 is 0 Å². The molecule has 1 nitrogen and oxygen atoms in total. The molecule has 1 unspecified atom stereocenters. The van der Waals surface area contributed by atoms with Gasteiger partial charge in [-0.05, 0) is 30.5 Å². The molecule has 1 aromatic rings. The van der Waals surface area contributed by atoms with E-state index in [1.54, 1.807) is 0 Å². The van der Waals surface area contributed by atoms with Crippen LogP contribution < -0.4 is 5.73 Å². The number of nitrogens with two attached hydrogens (primary N) is 1. The Morgan fingerprint density at radius 1 is 1.50 bits per heavy atom. The van der Waals surface area contributed by atoms with Gasteiger partial charge in [0.05, 0.1) is 0 Å². The van der Waals surface area contributed by atoms with E-state index in [4.69, 9.17) is 17.3 Å². The molecular formula is C10H14ClN. The highest BCUT2D eigenvalue weighted by Crippen LogP contribution is 2.26. The average molecular weight is 184 g/mol. The van der Waals surface area contributed by atoms with Crippen molar-refractivity contribution in [1.29, 1.82) is 0 Å². The minimum atomic E-state index is 0.345. The van der Waals surface area contributed by atoms with Crippen LogP contribution in [-0.4, -0.2) is 6.54 Å². The summed E-state index contributed by atoms with van der Waals surface area (Å²) in [5.41, 5.74) is 7.84. The van der Waals surface area contributed by atoms with E-state index in [-0.39, 0.29) is 0 Å². The lowest BCUT2D eigenvalue weighted by atomic mass is 9.99. The van der Waals surface area contributed by atoms with Crippen molar-refractivity contribution < 1.29 is 0 Å². The normalized spacial score (nSPS) is 13.0. The summed E-state index contributed by atoms with van der Waals surface area (Å²) < 4.78 is 0. The fourth-order valence-corrected chi connectivity index (χ4v) is 1.49. The summed E-state index contributed by atoms with van der Waals surface area (Å²) in [7, 11) is 0. The Labute approximate surface area is 78.5 Å². The minimum Gasteiger partial charge on any atom is -0.330 e. The Morgan fingerprint density at radius 3 is 2.75 bits per heavy atom. The van der Waals surface area contributed by atoms with Gasteiger partial charge in [-0.15, -0.1) is 0 Å². The van der Waals surface area contributed by atoms with Gasteiger partial charge in [0, 0.05) is 5.02 Å². The van der Waals surface area contributed by atoms with E-state index in [1.807, 2.05) is 25.1 Å². The molecule has 1 atom stereocenters. The highest BCUT2D eigenvalue weighted by molar-refractivity contribution is 6.32. The van der Waals surface area contributed by atoms with Gasteiger partial charge in [0.1, 0.15) is 0 Å². The summed E-state index contributed by atoms with van der Waals surface area (Å²) in [6, 6.07) is 6.06. The maximum Gasteiger partial charge on any atom is 0.0470 e. The summed E-state index contributed by atoms with van der Waals surface area (Å²) in [5.74, 6) is 0.345. The van der Waals surface area contributed by atoms with Crippen LogP contribution in [0, 0.1) is 6.92 Å². The van der Waals surface area contributed by atoms with E-state index in [0.29, 0.717) is 12.5 Å². The largest absolute Gasteiger partial charge is 0.330 e. The Kier molecular flexibility index (Phi) is 3.12. The van der Waals surface area contributed by atoms with Gasteiger partial charge in [0.15, 0.2) is 0 Å². The van der Waals surface area contributed by atoms with Crippen LogP contribution in [0.15, 0.2) is 18.2 Å². The number of hydrogen-bond acceptors (Lipinski definition) is 1. The van der Waals surface area contributed by atoms with Gasteiger partial charge in [0.2, 0.25) is 0 Å². The molecule has 0 aliphatic carbocycles. The lowest BCUT2D eigenvalue weighted by Gasteiger charge is -2.12. The molecule has 0 heterocycles. The standard InChI is InChI=1S/C10H14ClN/c1-7-4-3-5-9(10(7)11)8(2)6-12/h3-5,8H,6,12H2,1-2H3. The van der Waals surface area contributed by atoms with Crippen molar-refractivity contribution in [2.75, 3.05) is 6.54 Å². The number of halogens is 1. The zero-order chi connectivity index (χ0) is 9.14. The third-order valence-electron chi connectivity index (χ3n) is 2.11. The van der Waals surface area contributed by atoms with Crippen molar-refractivity contribution in [3.63, 3.8) is 0 Å². The Morgan fingerprint density at radius 2 is 2.17 bits per heavy atom. The molecule has 0 spiro atoms. The second-order valence-corrected chi connectivity index (χ2v) is 3.49. The number of rotatable bonds is 2. The van der Waals surface area contributed by atoms with Crippen molar-refractivity contribution in [1.82, 2.24) is 0 Å². The van der Waals surface area contributed by atoms with Crippen LogP contribution in [0.3, 0.4) is 0 Å². The van der Waals surface area contributed by atoms with Gasteiger partial charge in [-0.25, -0.2) is 0 Å². The monoisotopic (exact) mass is 183 g/mol. The molecule has 0 amide bonds. The smallest absolute Gasteiger partial charge is 0.0470 e. The van der Waals surface area contributed by atoms with Gasteiger partial charge in [0.25, 0.3) is 0 Å². The van der Waals surface area contributed by atoms with E-state index in [1.165, 1.54) is 0 Å². The fourth-order valence-electron chi connectivity index (χ4n) is 1.18. The third-order valence-corrected chi connectivity index (χ3v) is 2.62. The fraction of sp³-hybridized carbons (Fsp3) is 0.400. The molecule has 66 valence electrons. The van der Waals surface area contributed by atoms with Crippen LogP contribution in [0.25, 0.3) is 0 Å². The average Bonchev–Trinajstić information content (AvgIpc) is 2.08. The first kappa shape index (κ1) is 9.56. The first-order valence-corrected chi connectivity index (χ1v) is 4.49. The van der Waals surface area contributed by atoms with E-state index in [0.717, 1.165) is 16.1 Å². The van der Waals surface area contributed by atoms with Crippen LogP contribution in [-0.2, 0) is 0 Å². The summed E-state index contributed by atoms with van der Waals surface area (Å²) in [5, 5.41) is 0.857. The molecule has 0 aliphatic rings. The molecule has 0 aromatic heterocycles. The topological polar surface area (TPSA) is 26.0 Å². The quantitative estimate of drug-likeness (QED) is 0.750. The molecule has 0 saturated carbocycles. The molecule has 1 rings (SSSR count). The van der Waals surface area contributed by atoms with E-state index in [2.05, 4.69) is 6.92 Å². The van der Waals surface area contributed by atoms with Crippen LogP contribution in [0.2, 0.25) is 5.02 Å². The molecule has 0 saturated heterocycles. The highest BCUT2D eigenvalue weighted by atomic mass is 35.5. The lowest BCUT2D eigenvalue weighted by molar-refractivity contribution is 0.773. The minimum absolute atomic E-state index is 0.345. The predicted octanol–water partition coefficient (Wildman–Crippen LogP) is 2.71. The molecule has 0 fully saturated rings. The molecule has 0 radical (unpaired) electrons. The van der Waals surface area contributed by atoms with Crippen molar-refractivity contribution in [3.8, 4) is 0 Å². The molecule has 12 heavy (non-hydrogen) atoms. The van der Waals surface area contributed by atoms with Crippen LogP contribution in [0.5, 0.6) is 0 Å². The predicted molar refractivity (Wildman–Crippen MR) is 53.7 cm³/mol. The Hall–Kier alpha value is -0.530. The van der Waals surface area contributed by atoms with Crippen molar-refractivity contribution in [2.45, 2.75) is 19.8 Å². The number of benzene rings is 1. The Bertz CT molecular complexity index is 271. The Balaban J connectivity index is 3.07. The maximum absolute atomic E-state index is 6.11. The van der Waals surface area contributed by atoms with Gasteiger partial charge < -0.3 is 5.73 Å². The first-order chi connectivity index (χ1) is 5.66. The summed E-state index contributed by atoms with van der Waals surface area (Å²) >= 11 is 6.11. The van der Waals surface area contributed by atoms with Crippen LogP contribution in [0.1, 0.15) is 24.0 Å². The third kappa shape index (κ3) is 1.79. The second kappa shape index (κ2) is 3.92. The van der Waals surface area contributed by atoms with Gasteiger partial charge in [-0.1, -0.05) is 36.7 Å². The first-order valence-electron chi connectivity index (χ1n) is 4.12. The zero-order valence-electron chi connectivity index (χ0n) is 7.47. The van der Waals surface area contributed by atoms with Gasteiger partial charge in [-0.3, -0.25) is 0 Å². The maximum atomic E-state index is 6.11. The van der Waals surface area contributed by atoms with Crippen LogP contribution in [0.4, 0.5) is 0 Å². The SMILES string of the molecule is Cc1cccc(C(C)CN)c1Cl.